The number of hydrogen-bond acceptors (Lipinski definition) is 5. The van der Waals surface area contributed by atoms with Crippen LogP contribution in [0.25, 0.3) is 0 Å². The Bertz CT molecular complexity index is 588. The van der Waals surface area contributed by atoms with Gasteiger partial charge in [-0.3, -0.25) is 4.90 Å². The van der Waals surface area contributed by atoms with Gasteiger partial charge in [-0.25, -0.2) is 0 Å². The standard InChI is InChI=1S/C14H18F3N5O/c15-14(16,17)11-3-1-2-4-12(11)20-7-9-21(10-8-20)13(23)22-18-5-6-19-22/h2,4-6,13,23H,1,3,7-10H2. The van der Waals surface area contributed by atoms with E-state index < -0.39 is 18.1 Å². The molecule has 1 saturated heterocycles. The molecule has 6 nitrogen and oxygen atoms in total. The number of nitrogens with zero attached hydrogens (tertiary/aromatic N) is 5. The summed E-state index contributed by atoms with van der Waals surface area (Å²) in [5.74, 6) is 0. The Balaban J connectivity index is 1.69. The molecule has 1 aromatic heterocycles. The van der Waals surface area contributed by atoms with Gasteiger partial charge in [0.2, 0.25) is 6.35 Å². The summed E-state index contributed by atoms with van der Waals surface area (Å²) in [7, 11) is 0. The maximum absolute atomic E-state index is 13.1. The SMILES string of the molecule is OC(N1CCN(C2=C(C(F)(F)F)CCC=C2)CC1)n1nccn1. The second-order valence-corrected chi connectivity index (χ2v) is 5.52. The van der Waals surface area contributed by atoms with Crippen LogP contribution in [-0.2, 0) is 0 Å². The van der Waals surface area contributed by atoms with E-state index in [1.54, 1.807) is 22.0 Å². The van der Waals surface area contributed by atoms with Gasteiger partial charge in [-0.1, -0.05) is 6.08 Å². The highest BCUT2D eigenvalue weighted by Crippen LogP contribution is 2.36. The molecule has 1 atom stereocenters. The maximum Gasteiger partial charge on any atom is 0.414 e. The Morgan fingerprint density at radius 2 is 1.74 bits per heavy atom. The monoisotopic (exact) mass is 329 g/mol. The zero-order chi connectivity index (χ0) is 16.4. The molecular weight excluding hydrogens is 311 g/mol. The molecule has 0 amide bonds. The van der Waals surface area contributed by atoms with E-state index in [-0.39, 0.29) is 12.1 Å². The Hall–Kier alpha value is -1.87. The average molecular weight is 329 g/mol. The van der Waals surface area contributed by atoms with E-state index >= 15 is 0 Å². The van der Waals surface area contributed by atoms with Crippen LogP contribution in [0.3, 0.4) is 0 Å². The summed E-state index contributed by atoms with van der Waals surface area (Å²) in [6.45, 7) is 1.70. The van der Waals surface area contributed by atoms with E-state index in [0.717, 1.165) is 0 Å². The fraction of sp³-hybridized carbons (Fsp3) is 0.571. The Morgan fingerprint density at radius 3 is 2.35 bits per heavy atom. The number of rotatable bonds is 3. The van der Waals surface area contributed by atoms with Crippen LogP contribution in [0.1, 0.15) is 19.2 Å². The van der Waals surface area contributed by atoms with Crippen molar-refractivity contribution in [2.75, 3.05) is 26.2 Å². The van der Waals surface area contributed by atoms with Gasteiger partial charge in [0.15, 0.2) is 0 Å². The van der Waals surface area contributed by atoms with Crippen molar-refractivity contribution >= 4 is 0 Å². The molecule has 2 aliphatic rings. The molecule has 0 aromatic carbocycles. The molecule has 1 aromatic rings. The number of alkyl halides is 3. The van der Waals surface area contributed by atoms with Crippen LogP contribution in [0.2, 0.25) is 0 Å². The second-order valence-electron chi connectivity index (χ2n) is 5.52. The molecule has 0 saturated carbocycles. The molecule has 23 heavy (non-hydrogen) atoms. The first-order chi connectivity index (χ1) is 11.0. The fourth-order valence-electron chi connectivity index (χ4n) is 2.92. The lowest BCUT2D eigenvalue weighted by Gasteiger charge is -2.39. The lowest BCUT2D eigenvalue weighted by molar-refractivity contribution is -0.0998. The largest absolute Gasteiger partial charge is 0.414 e. The van der Waals surface area contributed by atoms with Gasteiger partial charge in [0.25, 0.3) is 0 Å². The molecule has 1 unspecified atom stereocenters. The van der Waals surface area contributed by atoms with Gasteiger partial charge >= 0.3 is 6.18 Å². The van der Waals surface area contributed by atoms with Gasteiger partial charge in [-0.2, -0.15) is 23.4 Å². The molecule has 9 heteroatoms. The Labute approximate surface area is 131 Å². The minimum absolute atomic E-state index is 0.0232. The third-order valence-electron chi connectivity index (χ3n) is 4.11. The zero-order valence-electron chi connectivity index (χ0n) is 12.4. The van der Waals surface area contributed by atoms with E-state index in [0.29, 0.717) is 32.6 Å². The van der Waals surface area contributed by atoms with Crippen molar-refractivity contribution in [1.82, 2.24) is 24.8 Å². The summed E-state index contributed by atoms with van der Waals surface area (Å²) in [4.78, 5) is 4.64. The van der Waals surface area contributed by atoms with Gasteiger partial charge in [0.1, 0.15) is 0 Å². The number of aliphatic hydroxyl groups is 1. The van der Waals surface area contributed by atoms with Crippen LogP contribution in [0.4, 0.5) is 13.2 Å². The van der Waals surface area contributed by atoms with E-state index in [1.165, 1.54) is 17.2 Å². The van der Waals surface area contributed by atoms with Gasteiger partial charge < -0.3 is 10.0 Å². The van der Waals surface area contributed by atoms with Crippen molar-refractivity contribution in [2.24, 2.45) is 0 Å². The summed E-state index contributed by atoms with van der Waals surface area (Å²) >= 11 is 0. The molecule has 3 rings (SSSR count). The molecule has 0 radical (unpaired) electrons. The molecule has 0 bridgehead atoms. The first-order valence-electron chi connectivity index (χ1n) is 7.46. The van der Waals surface area contributed by atoms with Gasteiger partial charge in [0.05, 0.1) is 18.0 Å². The van der Waals surface area contributed by atoms with Crippen molar-refractivity contribution in [3.05, 3.63) is 35.8 Å². The highest BCUT2D eigenvalue weighted by Gasteiger charge is 2.38. The minimum Gasteiger partial charge on any atom is -0.369 e. The smallest absolute Gasteiger partial charge is 0.369 e. The van der Waals surface area contributed by atoms with E-state index in [2.05, 4.69) is 10.2 Å². The molecular formula is C14H18F3N5O. The summed E-state index contributed by atoms with van der Waals surface area (Å²) in [5, 5.41) is 17.9. The van der Waals surface area contributed by atoms with Crippen LogP contribution >= 0.6 is 0 Å². The van der Waals surface area contributed by atoms with Crippen molar-refractivity contribution < 1.29 is 18.3 Å². The minimum atomic E-state index is -4.30. The number of allylic oxidation sites excluding steroid dienone is 3. The first kappa shape index (κ1) is 16.0. The number of hydrogen-bond donors (Lipinski definition) is 1. The lowest BCUT2D eigenvalue weighted by atomic mass is 10.0. The van der Waals surface area contributed by atoms with Gasteiger partial charge in [0, 0.05) is 31.9 Å². The lowest BCUT2D eigenvalue weighted by Crippen LogP contribution is -2.49. The molecule has 2 heterocycles. The van der Waals surface area contributed by atoms with Crippen LogP contribution in [0, 0.1) is 0 Å². The molecule has 126 valence electrons. The number of halogens is 3. The molecule has 0 spiro atoms. The maximum atomic E-state index is 13.1. The Morgan fingerprint density at radius 1 is 1.09 bits per heavy atom. The van der Waals surface area contributed by atoms with Crippen LogP contribution in [0.5, 0.6) is 0 Å². The van der Waals surface area contributed by atoms with Crippen LogP contribution in [-0.4, -0.2) is 62.3 Å². The number of piperazine rings is 1. The Kier molecular flexibility index (Phi) is 4.40. The number of aromatic nitrogens is 3. The molecule has 1 N–H and O–H groups in total. The third-order valence-corrected chi connectivity index (χ3v) is 4.11. The number of aliphatic hydroxyl groups excluding tert-OH is 1. The van der Waals surface area contributed by atoms with E-state index in [9.17, 15) is 18.3 Å². The summed E-state index contributed by atoms with van der Waals surface area (Å²) in [6.07, 6.45) is 1.42. The van der Waals surface area contributed by atoms with Crippen molar-refractivity contribution in [3.8, 4) is 0 Å². The highest BCUT2D eigenvalue weighted by molar-refractivity contribution is 5.31. The fourth-order valence-corrected chi connectivity index (χ4v) is 2.92. The second kappa shape index (κ2) is 6.32. The predicted octanol–water partition coefficient (Wildman–Crippen LogP) is 1.51. The first-order valence-corrected chi connectivity index (χ1v) is 7.46. The summed E-state index contributed by atoms with van der Waals surface area (Å²) < 4.78 is 39.4. The third kappa shape index (κ3) is 3.40. The topological polar surface area (TPSA) is 57.4 Å². The highest BCUT2D eigenvalue weighted by atomic mass is 19.4. The summed E-state index contributed by atoms with van der Waals surface area (Å²) in [5.41, 5.74) is -0.196. The molecule has 1 aliphatic heterocycles. The van der Waals surface area contributed by atoms with Crippen LogP contribution in [0.15, 0.2) is 35.8 Å². The average Bonchev–Trinajstić information content (AvgIpc) is 3.08. The van der Waals surface area contributed by atoms with Gasteiger partial charge in [-0.05, 0) is 18.9 Å². The van der Waals surface area contributed by atoms with Crippen molar-refractivity contribution in [2.45, 2.75) is 25.4 Å². The van der Waals surface area contributed by atoms with Crippen molar-refractivity contribution in [1.29, 1.82) is 0 Å². The van der Waals surface area contributed by atoms with Gasteiger partial charge in [-0.15, -0.1) is 4.80 Å². The quantitative estimate of drug-likeness (QED) is 0.911. The summed E-state index contributed by atoms with van der Waals surface area (Å²) in [6, 6.07) is 0. The van der Waals surface area contributed by atoms with E-state index in [1.807, 2.05) is 0 Å². The van der Waals surface area contributed by atoms with Crippen LogP contribution < -0.4 is 0 Å². The van der Waals surface area contributed by atoms with Crippen molar-refractivity contribution in [3.63, 3.8) is 0 Å². The zero-order valence-corrected chi connectivity index (χ0v) is 12.4. The van der Waals surface area contributed by atoms with E-state index in [4.69, 9.17) is 0 Å². The predicted molar refractivity (Wildman–Crippen MR) is 75.9 cm³/mol. The molecule has 1 aliphatic carbocycles. The molecule has 1 fully saturated rings. The normalized spacial score (nSPS) is 21.8.